The Labute approximate surface area is 167 Å². The Morgan fingerprint density at radius 3 is 2.96 bits per heavy atom. The van der Waals surface area contributed by atoms with E-state index in [4.69, 9.17) is 9.47 Å². The second kappa shape index (κ2) is 8.50. The van der Waals surface area contributed by atoms with Gasteiger partial charge in [-0.05, 0) is 43.3 Å². The van der Waals surface area contributed by atoms with Gasteiger partial charge in [-0.3, -0.25) is 14.8 Å². The maximum absolute atomic E-state index is 12.9. The van der Waals surface area contributed by atoms with Crippen LogP contribution in [-0.4, -0.2) is 53.2 Å². The molecule has 1 aliphatic heterocycles. The quantitative estimate of drug-likeness (QED) is 0.662. The Morgan fingerprint density at radius 2 is 2.18 bits per heavy atom. The minimum absolute atomic E-state index is 0.0254. The van der Waals surface area contributed by atoms with Crippen LogP contribution in [0.25, 0.3) is 10.6 Å². The molecule has 1 unspecified atom stereocenters. The molecule has 28 heavy (non-hydrogen) atoms. The van der Waals surface area contributed by atoms with Gasteiger partial charge in [0.2, 0.25) is 0 Å². The molecule has 0 saturated carbocycles. The summed E-state index contributed by atoms with van der Waals surface area (Å²) in [4.78, 5) is 25.0. The summed E-state index contributed by atoms with van der Waals surface area (Å²) in [6, 6.07) is 13.4. The van der Waals surface area contributed by atoms with Crippen LogP contribution < -0.4 is 4.74 Å². The molecule has 1 saturated heterocycles. The first-order valence-electron chi connectivity index (χ1n) is 9.16. The second-order valence-corrected chi connectivity index (χ2v) is 7.65. The first kappa shape index (κ1) is 18.6. The first-order chi connectivity index (χ1) is 13.7. The lowest BCUT2D eigenvalue weighted by Gasteiger charge is -2.32. The molecule has 3 aromatic rings. The second-order valence-electron chi connectivity index (χ2n) is 6.57. The summed E-state index contributed by atoms with van der Waals surface area (Å²) in [6.45, 7) is 3.91. The average molecular weight is 395 g/mol. The molecule has 1 atom stereocenters. The number of aryl methyl sites for hydroxylation is 1. The van der Waals surface area contributed by atoms with Crippen LogP contribution in [0.2, 0.25) is 0 Å². The van der Waals surface area contributed by atoms with Crippen molar-refractivity contribution in [2.45, 2.75) is 13.0 Å². The van der Waals surface area contributed by atoms with Crippen molar-refractivity contribution in [3.05, 3.63) is 65.4 Å². The molecular formula is C21H21N3O3S. The van der Waals surface area contributed by atoms with Crippen LogP contribution in [0.1, 0.15) is 15.4 Å². The van der Waals surface area contributed by atoms with E-state index < -0.39 is 0 Å². The lowest BCUT2D eigenvalue weighted by molar-refractivity contribution is -0.0400. The maximum Gasteiger partial charge on any atom is 0.264 e. The monoisotopic (exact) mass is 395 g/mol. The van der Waals surface area contributed by atoms with Gasteiger partial charge in [0.05, 0.1) is 34.8 Å². The van der Waals surface area contributed by atoms with Gasteiger partial charge in [-0.25, -0.2) is 0 Å². The van der Waals surface area contributed by atoms with E-state index in [-0.39, 0.29) is 12.0 Å². The zero-order valence-corrected chi connectivity index (χ0v) is 16.4. The van der Waals surface area contributed by atoms with Crippen molar-refractivity contribution in [2.24, 2.45) is 0 Å². The molecule has 0 N–H and O–H groups in total. The fourth-order valence-electron chi connectivity index (χ4n) is 2.99. The fourth-order valence-corrected chi connectivity index (χ4v) is 3.94. The Bertz CT molecular complexity index is 928. The summed E-state index contributed by atoms with van der Waals surface area (Å²) in [6.07, 6.45) is 3.30. The van der Waals surface area contributed by atoms with Crippen molar-refractivity contribution in [3.8, 4) is 16.3 Å². The molecule has 1 aliphatic rings. The van der Waals surface area contributed by atoms with Crippen molar-refractivity contribution < 1.29 is 14.3 Å². The van der Waals surface area contributed by atoms with E-state index in [2.05, 4.69) is 9.97 Å². The van der Waals surface area contributed by atoms with Crippen molar-refractivity contribution in [1.82, 2.24) is 14.9 Å². The lowest BCUT2D eigenvalue weighted by Crippen LogP contribution is -2.47. The molecule has 0 spiro atoms. The average Bonchev–Trinajstić information content (AvgIpc) is 3.24. The normalized spacial score (nSPS) is 16.8. The number of thiophene rings is 1. The van der Waals surface area contributed by atoms with E-state index in [0.717, 1.165) is 16.3 Å². The molecule has 0 aromatic carbocycles. The Balaban J connectivity index is 1.37. The summed E-state index contributed by atoms with van der Waals surface area (Å²) in [5.41, 5.74) is 1.82. The largest absolute Gasteiger partial charge is 0.489 e. The zero-order chi connectivity index (χ0) is 19.3. The number of carbonyl (C=O) groups is 1. The molecule has 0 bridgehead atoms. The van der Waals surface area contributed by atoms with E-state index in [1.54, 1.807) is 12.4 Å². The van der Waals surface area contributed by atoms with Crippen LogP contribution in [-0.2, 0) is 4.74 Å². The molecule has 1 fully saturated rings. The van der Waals surface area contributed by atoms with Crippen LogP contribution in [0, 0.1) is 6.92 Å². The third kappa shape index (κ3) is 4.37. The van der Waals surface area contributed by atoms with Gasteiger partial charge in [-0.1, -0.05) is 6.07 Å². The highest BCUT2D eigenvalue weighted by molar-refractivity contribution is 7.17. The molecule has 7 heteroatoms. The van der Waals surface area contributed by atoms with Crippen LogP contribution in [0.15, 0.2) is 54.9 Å². The minimum atomic E-state index is -0.158. The number of pyridine rings is 2. The van der Waals surface area contributed by atoms with E-state index >= 15 is 0 Å². The van der Waals surface area contributed by atoms with Crippen molar-refractivity contribution in [3.63, 3.8) is 0 Å². The van der Waals surface area contributed by atoms with Gasteiger partial charge < -0.3 is 14.4 Å². The molecule has 0 radical (unpaired) electrons. The Hall–Kier alpha value is -2.77. The predicted octanol–water partition coefficient (Wildman–Crippen LogP) is 3.43. The molecule has 0 aliphatic carbocycles. The summed E-state index contributed by atoms with van der Waals surface area (Å²) in [5, 5.41) is 0. The highest BCUT2D eigenvalue weighted by Gasteiger charge is 2.26. The van der Waals surface area contributed by atoms with Crippen molar-refractivity contribution in [1.29, 1.82) is 0 Å². The smallest absolute Gasteiger partial charge is 0.264 e. The maximum atomic E-state index is 12.9. The number of ether oxygens (including phenoxy) is 2. The van der Waals surface area contributed by atoms with Crippen molar-refractivity contribution >= 4 is 17.2 Å². The zero-order valence-electron chi connectivity index (χ0n) is 15.6. The molecule has 4 heterocycles. The standard InChI is InChI=1S/C21H21N3O3S/c1-15-5-6-16(12-23-15)27-14-17-13-24(10-11-26-17)21(25)20-8-7-19(28-20)18-4-2-3-9-22-18/h2-9,12,17H,10-11,13-14H2,1H3. The van der Waals surface area contributed by atoms with Crippen LogP contribution in [0.3, 0.4) is 0 Å². The molecule has 6 nitrogen and oxygen atoms in total. The number of morpholine rings is 1. The van der Waals surface area contributed by atoms with E-state index in [1.165, 1.54) is 11.3 Å². The predicted molar refractivity (Wildman–Crippen MR) is 108 cm³/mol. The van der Waals surface area contributed by atoms with Crippen molar-refractivity contribution in [2.75, 3.05) is 26.3 Å². The number of hydrogen-bond donors (Lipinski definition) is 0. The van der Waals surface area contributed by atoms with Gasteiger partial charge in [0.1, 0.15) is 18.5 Å². The number of nitrogens with zero attached hydrogens (tertiary/aromatic N) is 3. The van der Waals surface area contributed by atoms with E-state index in [1.807, 2.05) is 54.3 Å². The molecule has 4 rings (SSSR count). The van der Waals surface area contributed by atoms with Crippen LogP contribution in [0.5, 0.6) is 5.75 Å². The Morgan fingerprint density at radius 1 is 1.25 bits per heavy atom. The van der Waals surface area contributed by atoms with E-state index in [0.29, 0.717) is 36.9 Å². The molecular weight excluding hydrogens is 374 g/mol. The molecule has 3 aromatic heterocycles. The van der Waals surface area contributed by atoms with Gasteiger partial charge in [0.25, 0.3) is 5.91 Å². The lowest BCUT2D eigenvalue weighted by atomic mass is 10.2. The summed E-state index contributed by atoms with van der Waals surface area (Å²) in [7, 11) is 0. The van der Waals surface area contributed by atoms with E-state index in [9.17, 15) is 4.79 Å². The number of rotatable bonds is 5. The molecule has 1 amide bonds. The third-order valence-electron chi connectivity index (χ3n) is 4.48. The fraction of sp³-hybridized carbons (Fsp3) is 0.286. The first-order valence-corrected chi connectivity index (χ1v) is 9.98. The van der Waals surface area contributed by atoms with Crippen LogP contribution in [0.4, 0.5) is 0 Å². The number of amides is 1. The highest BCUT2D eigenvalue weighted by Crippen LogP contribution is 2.27. The summed E-state index contributed by atoms with van der Waals surface area (Å²) in [5.74, 6) is 0.730. The number of carbonyl (C=O) groups excluding carboxylic acids is 1. The SMILES string of the molecule is Cc1ccc(OCC2CN(C(=O)c3ccc(-c4ccccn4)s3)CCO2)cn1. The molecule has 144 valence electrons. The van der Waals surface area contributed by atoms with Gasteiger partial charge in [-0.2, -0.15) is 0 Å². The number of aromatic nitrogens is 2. The summed E-state index contributed by atoms with van der Waals surface area (Å²) >= 11 is 1.47. The number of hydrogen-bond acceptors (Lipinski definition) is 6. The highest BCUT2D eigenvalue weighted by atomic mass is 32.1. The summed E-state index contributed by atoms with van der Waals surface area (Å²) < 4.78 is 11.5. The van der Waals surface area contributed by atoms with Gasteiger partial charge in [0.15, 0.2) is 0 Å². The van der Waals surface area contributed by atoms with Gasteiger partial charge >= 0.3 is 0 Å². The Kier molecular flexibility index (Phi) is 5.64. The minimum Gasteiger partial charge on any atom is -0.489 e. The van der Waals surface area contributed by atoms with Gasteiger partial charge in [-0.15, -0.1) is 11.3 Å². The van der Waals surface area contributed by atoms with Crippen LogP contribution >= 0.6 is 11.3 Å². The van der Waals surface area contributed by atoms with Gasteiger partial charge in [0, 0.05) is 18.4 Å². The topological polar surface area (TPSA) is 64.5 Å². The third-order valence-corrected chi connectivity index (χ3v) is 5.58.